The summed E-state index contributed by atoms with van der Waals surface area (Å²) in [5, 5.41) is 8.74. The Morgan fingerprint density at radius 2 is 2.31 bits per heavy atom. The first-order chi connectivity index (χ1) is 6.20. The number of hydrogen-bond acceptors (Lipinski definition) is 3. The van der Waals surface area contributed by atoms with E-state index in [1.165, 1.54) is 12.4 Å². The molecule has 0 amide bonds. The van der Waals surface area contributed by atoms with Gasteiger partial charge in [0.2, 0.25) is 0 Å². The zero-order valence-corrected chi connectivity index (χ0v) is 6.61. The number of fused-ring (bicyclic) bond motifs is 1. The number of imidazole rings is 1. The molecule has 0 radical (unpaired) electrons. The quantitative estimate of drug-likeness (QED) is 0.563. The van der Waals surface area contributed by atoms with Crippen molar-refractivity contribution in [3.05, 3.63) is 24.0 Å². The molecule has 0 aliphatic rings. The number of aromatic carboxylic acids is 1. The molecule has 0 saturated heterocycles. The fourth-order valence-corrected chi connectivity index (χ4v) is 1.22. The Hall–Kier alpha value is -2.04. The van der Waals surface area contributed by atoms with Crippen LogP contribution in [0.5, 0.6) is 0 Å². The first-order valence-electron chi connectivity index (χ1n) is 3.65. The summed E-state index contributed by atoms with van der Waals surface area (Å²) in [4.78, 5) is 17.4. The van der Waals surface area contributed by atoms with Crippen molar-refractivity contribution >= 4 is 22.7 Å². The summed E-state index contributed by atoms with van der Waals surface area (Å²) in [6.07, 6.45) is 1.48. The largest absolute Gasteiger partial charge is 0.478 e. The van der Waals surface area contributed by atoms with Crippen molar-refractivity contribution < 1.29 is 9.90 Å². The number of carbonyl (C=O) groups is 1. The minimum Gasteiger partial charge on any atom is -0.478 e. The zero-order chi connectivity index (χ0) is 9.42. The van der Waals surface area contributed by atoms with Gasteiger partial charge in [-0.1, -0.05) is 0 Å². The summed E-state index contributed by atoms with van der Waals surface area (Å²) in [5.41, 5.74) is 7.12. The highest BCUT2D eigenvalue weighted by Gasteiger charge is 2.11. The molecule has 0 atom stereocenters. The van der Waals surface area contributed by atoms with E-state index in [4.69, 9.17) is 10.8 Å². The fourth-order valence-electron chi connectivity index (χ4n) is 1.22. The normalized spacial score (nSPS) is 10.5. The summed E-state index contributed by atoms with van der Waals surface area (Å²) < 4.78 is 0. The first kappa shape index (κ1) is 7.60. The molecule has 1 aromatic heterocycles. The number of nitrogens with one attached hydrogen (secondary N) is 1. The van der Waals surface area contributed by atoms with Crippen molar-refractivity contribution in [2.75, 3.05) is 5.73 Å². The molecule has 13 heavy (non-hydrogen) atoms. The molecule has 0 spiro atoms. The van der Waals surface area contributed by atoms with Crippen LogP contribution in [0.1, 0.15) is 10.4 Å². The molecular weight excluding hydrogens is 170 g/mol. The average Bonchev–Trinajstić information content (AvgIpc) is 2.52. The van der Waals surface area contributed by atoms with Crippen LogP contribution in [0.15, 0.2) is 18.5 Å². The van der Waals surface area contributed by atoms with Gasteiger partial charge < -0.3 is 15.8 Å². The zero-order valence-electron chi connectivity index (χ0n) is 6.61. The van der Waals surface area contributed by atoms with Crippen molar-refractivity contribution in [2.24, 2.45) is 0 Å². The van der Waals surface area contributed by atoms with E-state index in [2.05, 4.69) is 9.97 Å². The highest BCUT2D eigenvalue weighted by Crippen LogP contribution is 2.21. The summed E-state index contributed by atoms with van der Waals surface area (Å²) in [6, 6.07) is 3.10. The van der Waals surface area contributed by atoms with E-state index in [-0.39, 0.29) is 11.3 Å². The Balaban J connectivity index is 2.80. The lowest BCUT2D eigenvalue weighted by Crippen LogP contribution is -2.02. The molecule has 1 aromatic carbocycles. The number of nitrogens with zero attached hydrogens (tertiary/aromatic N) is 1. The van der Waals surface area contributed by atoms with Crippen LogP contribution in [-0.2, 0) is 0 Å². The number of benzene rings is 1. The Kier molecular flexibility index (Phi) is 1.45. The summed E-state index contributed by atoms with van der Waals surface area (Å²) >= 11 is 0. The molecule has 0 aliphatic heterocycles. The molecule has 66 valence electrons. The summed E-state index contributed by atoms with van der Waals surface area (Å²) in [7, 11) is 0. The van der Waals surface area contributed by atoms with Crippen LogP contribution in [-0.4, -0.2) is 21.0 Å². The SMILES string of the molecule is Nc1c(C(=O)O)ccc2[nH]cnc12. The minimum absolute atomic E-state index is 0.0830. The molecule has 0 bridgehead atoms. The number of aromatic amines is 1. The Labute approximate surface area is 73.2 Å². The lowest BCUT2D eigenvalue weighted by atomic mass is 10.1. The smallest absolute Gasteiger partial charge is 0.337 e. The van der Waals surface area contributed by atoms with Crippen LogP contribution < -0.4 is 5.73 Å². The molecule has 0 unspecified atom stereocenters. The third kappa shape index (κ3) is 1.01. The second kappa shape index (κ2) is 2.48. The monoisotopic (exact) mass is 177 g/mol. The van der Waals surface area contributed by atoms with Gasteiger partial charge in [0.05, 0.1) is 23.1 Å². The summed E-state index contributed by atoms with van der Waals surface area (Å²) in [5.74, 6) is -1.04. The van der Waals surface area contributed by atoms with Gasteiger partial charge in [0, 0.05) is 0 Å². The van der Waals surface area contributed by atoms with Crippen molar-refractivity contribution in [1.82, 2.24) is 9.97 Å². The Bertz CT molecular complexity index is 475. The second-order valence-electron chi connectivity index (χ2n) is 2.63. The maximum absolute atomic E-state index is 10.7. The standard InChI is InChI=1S/C8H7N3O2/c9-6-4(8(12)13)1-2-5-7(6)11-3-10-5/h1-3H,9H2,(H,10,11)(H,12,13). The van der Waals surface area contributed by atoms with E-state index < -0.39 is 5.97 Å². The maximum Gasteiger partial charge on any atom is 0.337 e. The Morgan fingerprint density at radius 3 is 3.00 bits per heavy atom. The lowest BCUT2D eigenvalue weighted by Gasteiger charge is -1.99. The molecule has 2 aromatic rings. The van der Waals surface area contributed by atoms with Crippen molar-refractivity contribution in [3.8, 4) is 0 Å². The van der Waals surface area contributed by atoms with E-state index in [0.717, 1.165) is 5.52 Å². The van der Waals surface area contributed by atoms with Gasteiger partial charge in [-0.25, -0.2) is 9.78 Å². The number of carboxylic acids is 1. The molecule has 5 heteroatoms. The molecule has 1 heterocycles. The predicted molar refractivity (Wildman–Crippen MR) is 47.5 cm³/mol. The van der Waals surface area contributed by atoms with Gasteiger partial charge in [-0.3, -0.25) is 0 Å². The van der Waals surface area contributed by atoms with E-state index in [1.807, 2.05) is 0 Å². The number of hydrogen-bond donors (Lipinski definition) is 3. The Morgan fingerprint density at radius 1 is 1.54 bits per heavy atom. The lowest BCUT2D eigenvalue weighted by molar-refractivity contribution is 0.0698. The maximum atomic E-state index is 10.7. The van der Waals surface area contributed by atoms with Gasteiger partial charge in [0.1, 0.15) is 5.52 Å². The minimum atomic E-state index is -1.04. The van der Waals surface area contributed by atoms with E-state index >= 15 is 0 Å². The van der Waals surface area contributed by atoms with Crippen LogP contribution in [0.25, 0.3) is 11.0 Å². The van der Waals surface area contributed by atoms with Crippen LogP contribution in [0.3, 0.4) is 0 Å². The van der Waals surface area contributed by atoms with Crippen LogP contribution >= 0.6 is 0 Å². The van der Waals surface area contributed by atoms with E-state index in [0.29, 0.717) is 5.52 Å². The molecule has 0 saturated carbocycles. The molecule has 5 nitrogen and oxygen atoms in total. The topological polar surface area (TPSA) is 92.0 Å². The number of nitrogens with two attached hydrogens (primary N) is 1. The second-order valence-corrected chi connectivity index (χ2v) is 2.63. The average molecular weight is 177 g/mol. The highest BCUT2D eigenvalue weighted by atomic mass is 16.4. The van der Waals surface area contributed by atoms with Crippen LogP contribution in [0.4, 0.5) is 5.69 Å². The molecule has 4 N–H and O–H groups in total. The number of aromatic nitrogens is 2. The number of carboxylic acid groups (broad SMARTS) is 1. The molecule has 0 fully saturated rings. The van der Waals surface area contributed by atoms with Gasteiger partial charge in [0.25, 0.3) is 0 Å². The van der Waals surface area contributed by atoms with Crippen LogP contribution in [0.2, 0.25) is 0 Å². The van der Waals surface area contributed by atoms with Gasteiger partial charge >= 0.3 is 5.97 Å². The van der Waals surface area contributed by atoms with Crippen molar-refractivity contribution in [1.29, 1.82) is 0 Å². The molecular formula is C8H7N3O2. The third-order valence-corrected chi connectivity index (χ3v) is 1.86. The number of anilines is 1. The molecule has 2 rings (SSSR count). The van der Waals surface area contributed by atoms with Gasteiger partial charge in [0.15, 0.2) is 0 Å². The fraction of sp³-hybridized carbons (Fsp3) is 0. The van der Waals surface area contributed by atoms with E-state index in [9.17, 15) is 4.79 Å². The third-order valence-electron chi connectivity index (χ3n) is 1.86. The van der Waals surface area contributed by atoms with Crippen molar-refractivity contribution in [3.63, 3.8) is 0 Å². The summed E-state index contributed by atoms with van der Waals surface area (Å²) in [6.45, 7) is 0. The molecule has 0 aliphatic carbocycles. The number of H-pyrrole nitrogens is 1. The number of nitrogen functional groups attached to an aromatic ring is 1. The van der Waals surface area contributed by atoms with Gasteiger partial charge in [-0.2, -0.15) is 0 Å². The van der Waals surface area contributed by atoms with Crippen LogP contribution in [0, 0.1) is 0 Å². The highest BCUT2D eigenvalue weighted by molar-refractivity contribution is 6.02. The first-order valence-corrected chi connectivity index (χ1v) is 3.65. The number of rotatable bonds is 1. The van der Waals surface area contributed by atoms with E-state index in [1.54, 1.807) is 6.07 Å². The predicted octanol–water partition coefficient (Wildman–Crippen LogP) is 0.843. The van der Waals surface area contributed by atoms with Gasteiger partial charge in [-0.05, 0) is 12.1 Å². The van der Waals surface area contributed by atoms with Gasteiger partial charge in [-0.15, -0.1) is 0 Å². The van der Waals surface area contributed by atoms with Crippen molar-refractivity contribution in [2.45, 2.75) is 0 Å².